The Balaban J connectivity index is 3.12. The van der Waals surface area contributed by atoms with E-state index in [2.05, 4.69) is 9.71 Å². The van der Waals surface area contributed by atoms with Gasteiger partial charge in [0, 0.05) is 18.4 Å². The average molecular weight is 231 g/mol. The second-order valence-corrected chi connectivity index (χ2v) is 5.88. The van der Waals surface area contributed by atoms with Gasteiger partial charge in [-0.3, -0.25) is 0 Å². The maximum atomic E-state index is 11.6. The van der Waals surface area contributed by atoms with Crippen molar-refractivity contribution in [2.75, 3.05) is 7.05 Å². The highest BCUT2D eigenvalue weighted by molar-refractivity contribution is 7.89. The Kier molecular flexibility index (Phi) is 3.51. The Labute approximate surface area is 90.6 Å². The zero-order valence-corrected chi connectivity index (χ0v) is 10.2. The standard InChI is InChI=1S/C9H17N3O2S/c1-7(2)12-6-5-11-9(12)8(3)15(13,14)10-4/h5-8,10H,1-4H3/t8-/m1/s1. The minimum absolute atomic E-state index is 0.206. The first-order valence-electron chi connectivity index (χ1n) is 4.85. The lowest BCUT2D eigenvalue weighted by Crippen LogP contribution is -2.26. The summed E-state index contributed by atoms with van der Waals surface area (Å²) in [5.41, 5.74) is 0. The highest BCUT2D eigenvalue weighted by atomic mass is 32.2. The van der Waals surface area contributed by atoms with E-state index in [0.717, 1.165) is 0 Å². The fraction of sp³-hybridized carbons (Fsp3) is 0.667. The number of nitrogens with one attached hydrogen (secondary N) is 1. The second-order valence-electron chi connectivity index (χ2n) is 3.68. The summed E-state index contributed by atoms with van der Waals surface area (Å²) in [7, 11) is -1.90. The van der Waals surface area contributed by atoms with Crippen molar-refractivity contribution in [2.45, 2.75) is 32.1 Å². The Morgan fingerprint density at radius 1 is 1.40 bits per heavy atom. The molecule has 0 saturated heterocycles. The maximum Gasteiger partial charge on any atom is 0.221 e. The van der Waals surface area contributed by atoms with Crippen molar-refractivity contribution in [3.8, 4) is 0 Å². The van der Waals surface area contributed by atoms with Gasteiger partial charge in [0.25, 0.3) is 0 Å². The van der Waals surface area contributed by atoms with Crippen molar-refractivity contribution in [2.24, 2.45) is 0 Å². The van der Waals surface area contributed by atoms with E-state index in [9.17, 15) is 8.42 Å². The van der Waals surface area contributed by atoms with Gasteiger partial charge in [0.15, 0.2) is 0 Å². The summed E-state index contributed by atoms with van der Waals surface area (Å²) in [5, 5.41) is -0.639. The largest absolute Gasteiger partial charge is 0.331 e. The SMILES string of the molecule is CNS(=O)(=O)[C@H](C)c1nccn1C(C)C. The van der Waals surface area contributed by atoms with E-state index < -0.39 is 15.3 Å². The van der Waals surface area contributed by atoms with Crippen LogP contribution in [0.1, 0.15) is 37.9 Å². The molecule has 0 fully saturated rings. The molecule has 0 aromatic carbocycles. The van der Waals surface area contributed by atoms with E-state index in [1.165, 1.54) is 7.05 Å². The van der Waals surface area contributed by atoms with Crippen LogP contribution >= 0.6 is 0 Å². The minimum Gasteiger partial charge on any atom is -0.331 e. The summed E-state index contributed by atoms with van der Waals surface area (Å²) in [5.74, 6) is 0.569. The highest BCUT2D eigenvalue weighted by Gasteiger charge is 2.25. The summed E-state index contributed by atoms with van der Waals surface area (Å²) in [6.07, 6.45) is 3.42. The van der Waals surface area contributed by atoms with Crippen molar-refractivity contribution >= 4 is 10.0 Å². The van der Waals surface area contributed by atoms with Crippen LogP contribution in [-0.2, 0) is 10.0 Å². The van der Waals surface area contributed by atoms with Crippen molar-refractivity contribution in [1.82, 2.24) is 14.3 Å². The highest BCUT2D eigenvalue weighted by Crippen LogP contribution is 2.21. The van der Waals surface area contributed by atoms with Gasteiger partial charge in [-0.25, -0.2) is 18.1 Å². The number of hydrogen-bond acceptors (Lipinski definition) is 3. The molecule has 1 aromatic heterocycles. The van der Waals surface area contributed by atoms with Crippen LogP contribution in [0, 0.1) is 0 Å². The predicted octanol–water partition coefficient (Wildman–Crippen LogP) is 1.07. The molecule has 6 heteroatoms. The molecule has 0 saturated carbocycles. The molecule has 15 heavy (non-hydrogen) atoms. The third-order valence-electron chi connectivity index (χ3n) is 2.37. The molecule has 5 nitrogen and oxygen atoms in total. The molecule has 0 unspecified atom stereocenters. The van der Waals surface area contributed by atoms with Gasteiger partial charge >= 0.3 is 0 Å². The van der Waals surface area contributed by atoms with Crippen LogP contribution in [0.4, 0.5) is 0 Å². The third kappa shape index (κ3) is 2.38. The quantitative estimate of drug-likeness (QED) is 0.843. The molecule has 1 N–H and O–H groups in total. The van der Waals surface area contributed by atoms with Crippen LogP contribution in [0.15, 0.2) is 12.4 Å². The molecule has 86 valence electrons. The van der Waals surface area contributed by atoms with Gasteiger partial charge in [-0.2, -0.15) is 0 Å². The van der Waals surface area contributed by atoms with E-state index in [1.54, 1.807) is 19.3 Å². The number of imidazole rings is 1. The zero-order valence-electron chi connectivity index (χ0n) is 9.43. The van der Waals surface area contributed by atoms with Gasteiger partial charge in [-0.05, 0) is 27.8 Å². The van der Waals surface area contributed by atoms with Gasteiger partial charge < -0.3 is 4.57 Å². The van der Waals surface area contributed by atoms with E-state index in [1.807, 2.05) is 18.4 Å². The summed E-state index contributed by atoms with van der Waals surface area (Å²) in [4.78, 5) is 4.10. The van der Waals surface area contributed by atoms with Crippen LogP contribution in [0.3, 0.4) is 0 Å². The normalized spacial score (nSPS) is 14.5. The molecular formula is C9H17N3O2S. The molecule has 0 aliphatic heterocycles. The minimum atomic E-state index is -3.31. The third-order valence-corrected chi connectivity index (χ3v) is 4.08. The number of aromatic nitrogens is 2. The topological polar surface area (TPSA) is 64.0 Å². The van der Waals surface area contributed by atoms with Gasteiger partial charge in [-0.1, -0.05) is 0 Å². The van der Waals surface area contributed by atoms with Gasteiger partial charge in [0.05, 0.1) is 0 Å². The van der Waals surface area contributed by atoms with Gasteiger partial charge in [0.1, 0.15) is 11.1 Å². The first kappa shape index (κ1) is 12.2. The van der Waals surface area contributed by atoms with Crippen LogP contribution in [-0.4, -0.2) is 25.0 Å². The second kappa shape index (κ2) is 4.32. The zero-order chi connectivity index (χ0) is 11.6. The number of hydrogen-bond donors (Lipinski definition) is 1. The predicted molar refractivity (Wildman–Crippen MR) is 59.0 cm³/mol. The van der Waals surface area contributed by atoms with Gasteiger partial charge in [-0.15, -0.1) is 0 Å². The van der Waals surface area contributed by atoms with E-state index in [4.69, 9.17) is 0 Å². The monoisotopic (exact) mass is 231 g/mol. The summed E-state index contributed by atoms with van der Waals surface area (Å²) >= 11 is 0. The van der Waals surface area contributed by atoms with Crippen molar-refractivity contribution in [3.63, 3.8) is 0 Å². The molecule has 0 radical (unpaired) electrons. The summed E-state index contributed by atoms with van der Waals surface area (Å²) < 4.78 is 27.4. The number of rotatable bonds is 4. The molecular weight excluding hydrogens is 214 g/mol. The summed E-state index contributed by atoms with van der Waals surface area (Å²) in [6.45, 7) is 5.61. The molecule has 0 spiro atoms. The lowest BCUT2D eigenvalue weighted by atomic mass is 10.3. The molecule has 0 aliphatic carbocycles. The van der Waals surface area contributed by atoms with E-state index >= 15 is 0 Å². The van der Waals surface area contributed by atoms with Gasteiger partial charge in [0.2, 0.25) is 10.0 Å². The number of nitrogens with zero attached hydrogens (tertiary/aromatic N) is 2. The molecule has 1 heterocycles. The maximum absolute atomic E-state index is 11.6. The molecule has 1 aromatic rings. The molecule has 1 atom stereocenters. The summed E-state index contributed by atoms with van der Waals surface area (Å²) in [6, 6.07) is 0.206. The smallest absolute Gasteiger partial charge is 0.221 e. The van der Waals surface area contributed by atoms with Crippen molar-refractivity contribution in [3.05, 3.63) is 18.2 Å². The molecule has 1 rings (SSSR count). The first-order valence-corrected chi connectivity index (χ1v) is 6.40. The lowest BCUT2D eigenvalue weighted by Gasteiger charge is -2.16. The molecule has 0 amide bonds. The van der Waals surface area contributed by atoms with Crippen molar-refractivity contribution in [1.29, 1.82) is 0 Å². The van der Waals surface area contributed by atoms with E-state index in [-0.39, 0.29) is 6.04 Å². The van der Waals surface area contributed by atoms with Crippen LogP contribution < -0.4 is 4.72 Å². The van der Waals surface area contributed by atoms with Crippen LogP contribution in [0.5, 0.6) is 0 Å². The van der Waals surface area contributed by atoms with Crippen LogP contribution in [0.2, 0.25) is 0 Å². The molecule has 0 aliphatic rings. The number of sulfonamides is 1. The first-order chi connectivity index (χ1) is 6.90. The molecule has 0 bridgehead atoms. The van der Waals surface area contributed by atoms with E-state index in [0.29, 0.717) is 5.82 Å². The Morgan fingerprint density at radius 2 is 2.00 bits per heavy atom. The Bertz CT molecular complexity index is 422. The average Bonchev–Trinajstić information content (AvgIpc) is 2.64. The fourth-order valence-corrected chi connectivity index (χ4v) is 2.21. The van der Waals surface area contributed by atoms with Crippen molar-refractivity contribution < 1.29 is 8.42 Å². The fourth-order valence-electron chi connectivity index (χ4n) is 1.39. The van der Waals surface area contributed by atoms with Crippen LogP contribution in [0.25, 0.3) is 0 Å². The Morgan fingerprint density at radius 3 is 2.47 bits per heavy atom. The Hall–Kier alpha value is -0.880. The lowest BCUT2D eigenvalue weighted by molar-refractivity contribution is 0.544.